The molecular weight excluding hydrogens is 304 g/mol. The van der Waals surface area contributed by atoms with Gasteiger partial charge in [0.05, 0.1) is 18.8 Å². The Labute approximate surface area is 136 Å². The van der Waals surface area contributed by atoms with E-state index in [1.165, 1.54) is 6.07 Å². The number of hydrogen-bond donors (Lipinski definition) is 0. The Bertz CT molecular complexity index is 538. The normalized spacial score (nSPS) is 10.6. The van der Waals surface area contributed by atoms with Gasteiger partial charge < -0.3 is 9.47 Å². The fourth-order valence-electron chi connectivity index (χ4n) is 2.00. The van der Waals surface area contributed by atoms with Crippen LogP contribution in [0.1, 0.15) is 62.4 Å². The van der Waals surface area contributed by atoms with Crippen LogP contribution < -0.4 is 4.74 Å². The van der Waals surface area contributed by atoms with Crippen LogP contribution in [0.4, 0.5) is 0 Å². The first-order chi connectivity index (χ1) is 10.4. The van der Waals surface area contributed by atoms with Crippen molar-refractivity contribution in [3.8, 4) is 5.75 Å². The van der Waals surface area contributed by atoms with Crippen LogP contribution in [0.2, 0.25) is 5.02 Å². The van der Waals surface area contributed by atoms with Crippen LogP contribution in [0.5, 0.6) is 5.75 Å². The van der Waals surface area contributed by atoms with E-state index < -0.39 is 11.8 Å². The number of hydrogen-bond acceptors (Lipinski definition) is 4. The summed E-state index contributed by atoms with van der Waals surface area (Å²) >= 11 is 6.09. The third-order valence-electron chi connectivity index (χ3n) is 3.15. The van der Waals surface area contributed by atoms with Crippen LogP contribution in [0.15, 0.2) is 12.1 Å². The zero-order valence-electron chi connectivity index (χ0n) is 13.6. The standard InChI is InChI=1S/C17H23ClO4/c1-5-7-8-22-16-13(11(3)4)9-12(18)10-14(16)15(19)17(20)21-6-2/h9-11H,5-8H2,1-4H3. The number of ether oxygens (including phenoxy) is 2. The van der Waals surface area contributed by atoms with Gasteiger partial charge in [-0.3, -0.25) is 4.79 Å². The van der Waals surface area contributed by atoms with Crippen molar-refractivity contribution in [2.45, 2.75) is 46.5 Å². The lowest BCUT2D eigenvalue weighted by atomic mass is 9.97. The van der Waals surface area contributed by atoms with Gasteiger partial charge in [-0.1, -0.05) is 38.8 Å². The zero-order valence-corrected chi connectivity index (χ0v) is 14.3. The molecule has 5 heteroatoms. The quantitative estimate of drug-likeness (QED) is 0.308. The van der Waals surface area contributed by atoms with Gasteiger partial charge in [-0.15, -0.1) is 0 Å². The van der Waals surface area contributed by atoms with Crippen molar-refractivity contribution in [1.29, 1.82) is 0 Å². The van der Waals surface area contributed by atoms with Crippen molar-refractivity contribution in [3.63, 3.8) is 0 Å². The van der Waals surface area contributed by atoms with Gasteiger partial charge in [0.15, 0.2) is 0 Å². The molecule has 0 unspecified atom stereocenters. The van der Waals surface area contributed by atoms with Gasteiger partial charge in [-0.25, -0.2) is 4.79 Å². The molecule has 0 bridgehead atoms. The Morgan fingerprint density at radius 2 is 1.91 bits per heavy atom. The molecule has 0 atom stereocenters. The number of rotatable bonds is 8. The summed E-state index contributed by atoms with van der Waals surface area (Å²) in [5.41, 5.74) is 0.988. The second-order valence-corrected chi connectivity index (χ2v) is 5.71. The maximum Gasteiger partial charge on any atom is 0.379 e. The Balaban J connectivity index is 3.27. The highest BCUT2D eigenvalue weighted by Crippen LogP contribution is 2.34. The van der Waals surface area contributed by atoms with Crippen LogP contribution in [0.25, 0.3) is 0 Å². The van der Waals surface area contributed by atoms with Gasteiger partial charge in [-0.05, 0) is 37.0 Å². The molecule has 0 aromatic heterocycles. The van der Waals surface area contributed by atoms with E-state index in [1.54, 1.807) is 13.0 Å². The molecule has 1 aromatic carbocycles. The summed E-state index contributed by atoms with van der Waals surface area (Å²) < 4.78 is 10.6. The molecule has 0 fully saturated rings. The summed E-state index contributed by atoms with van der Waals surface area (Å²) in [7, 11) is 0. The van der Waals surface area contributed by atoms with Crippen LogP contribution in [-0.2, 0) is 9.53 Å². The van der Waals surface area contributed by atoms with Gasteiger partial charge in [0, 0.05) is 5.02 Å². The molecule has 0 spiro atoms. The minimum absolute atomic E-state index is 0.115. The van der Waals surface area contributed by atoms with Crippen molar-refractivity contribution in [1.82, 2.24) is 0 Å². The molecular formula is C17H23ClO4. The average molecular weight is 327 g/mol. The molecule has 122 valence electrons. The first-order valence-electron chi connectivity index (χ1n) is 7.60. The molecule has 0 aliphatic rings. The van der Waals surface area contributed by atoms with Gasteiger partial charge in [0.1, 0.15) is 5.75 Å². The fraction of sp³-hybridized carbons (Fsp3) is 0.529. The van der Waals surface area contributed by atoms with E-state index in [1.807, 2.05) is 13.8 Å². The minimum Gasteiger partial charge on any atom is -0.493 e. The molecule has 0 amide bonds. The number of carbonyl (C=O) groups is 2. The minimum atomic E-state index is -0.889. The summed E-state index contributed by atoms with van der Waals surface area (Å²) in [6.07, 6.45) is 1.85. The van der Waals surface area contributed by atoms with Gasteiger partial charge in [0.25, 0.3) is 5.78 Å². The summed E-state index contributed by atoms with van der Waals surface area (Å²) in [5, 5.41) is 0.402. The van der Waals surface area contributed by atoms with Gasteiger partial charge >= 0.3 is 5.97 Å². The molecule has 0 saturated carbocycles. The van der Waals surface area contributed by atoms with Crippen molar-refractivity contribution in [2.75, 3.05) is 13.2 Å². The van der Waals surface area contributed by atoms with E-state index in [9.17, 15) is 9.59 Å². The number of Topliss-reactive ketones (excluding diaryl/α,β-unsaturated/α-hetero) is 1. The Morgan fingerprint density at radius 1 is 1.23 bits per heavy atom. The van der Waals surface area contributed by atoms with Crippen molar-refractivity contribution >= 4 is 23.4 Å². The molecule has 0 saturated heterocycles. The Kier molecular flexibility index (Phi) is 7.39. The van der Waals surface area contributed by atoms with E-state index in [2.05, 4.69) is 6.92 Å². The molecule has 1 aromatic rings. The monoisotopic (exact) mass is 326 g/mol. The summed E-state index contributed by atoms with van der Waals surface area (Å²) in [5.74, 6) is -1.06. The molecule has 0 aliphatic carbocycles. The van der Waals surface area contributed by atoms with E-state index in [0.29, 0.717) is 17.4 Å². The molecule has 4 nitrogen and oxygen atoms in total. The number of unbranched alkanes of at least 4 members (excludes halogenated alkanes) is 1. The highest BCUT2D eigenvalue weighted by molar-refractivity contribution is 6.42. The lowest BCUT2D eigenvalue weighted by Crippen LogP contribution is -2.19. The van der Waals surface area contributed by atoms with Crippen molar-refractivity contribution < 1.29 is 19.1 Å². The first kappa shape index (κ1) is 18.5. The smallest absolute Gasteiger partial charge is 0.379 e. The Hall–Kier alpha value is -1.55. The number of ketones is 1. The lowest BCUT2D eigenvalue weighted by molar-refractivity contribution is -0.137. The maximum absolute atomic E-state index is 12.3. The summed E-state index contributed by atoms with van der Waals surface area (Å²) in [6, 6.07) is 3.24. The van der Waals surface area contributed by atoms with Crippen LogP contribution in [0, 0.1) is 0 Å². The second-order valence-electron chi connectivity index (χ2n) is 5.28. The first-order valence-corrected chi connectivity index (χ1v) is 7.97. The molecule has 0 heterocycles. The highest BCUT2D eigenvalue weighted by atomic mass is 35.5. The third kappa shape index (κ3) is 4.73. The number of esters is 1. The predicted molar refractivity (Wildman–Crippen MR) is 86.9 cm³/mol. The van der Waals surface area contributed by atoms with Crippen molar-refractivity contribution in [2.24, 2.45) is 0 Å². The largest absolute Gasteiger partial charge is 0.493 e. The predicted octanol–water partition coefficient (Wildman–Crippen LogP) is 4.39. The van der Waals surface area contributed by atoms with Gasteiger partial charge in [-0.2, -0.15) is 0 Å². The Morgan fingerprint density at radius 3 is 2.45 bits per heavy atom. The number of carbonyl (C=O) groups excluding carboxylic acids is 2. The summed E-state index contributed by atoms with van der Waals surface area (Å²) in [4.78, 5) is 24.0. The third-order valence-corrected chi connectivity index (χ3v) is 3.37. The maximum atomic E-state index is 12.3. The lowest BCUT2D eigenvalue weighted by Gasteiger charge is -2.18. The number of benzene rings is 1. The average Bonchev–Trinajstić information content (AvgIpc) is 2.47. The molecule has 1 rings (SSSR count). The fourth-order valence-corrected chi connectivity index (χ4v) is 2.23. The van der Waals surface area contributed by atoms with Crippen molar-refractivity contribution in [3.05, 3.63) is 28.3 Å². The van der Waals surface area contributed by atoms with Crippen LogP contribution >= 0.6 is 11.6 Å². The van der Waals surface area contributed by atoms with Gasteiger partial charge in [0.2, 0.25) is 0 Å². The zero-order chi connectivity index (χ0) is 16.7. The molecule has 22 heavy (non-hydrogen) atoms. The summed E-state index contributed by atoms with van der Waals surface area (Å²) in [6.45, 7) is 8.31. The van der Waals surface area contributed by atoms with Crippen LogP contribution in [-0.4, -0.2) is 25.0 Å². The molecule has 0 aliphatic heterocycles. The number of halogens is 1. The molecule has 0 radical (unpaired) electrons. The van der Waals surface area contributed by atoms with E-state index >= 15 is 0 Å². The highest BCUT2D eigenvalue weighted by Gasteiger charge is 2.25. The second kappa shape index (κ2) is 8.79. The van der Waals surface area contributed by atoms with Crippen LogP contribution in [0.3, 0.4) is 0 Å². The van der Waals surface area contributed by atoms with E-state index in [0.717, 1.165) is 18.4 Å². The van der Waals surface area contributed by atoms with E-state index in [-0.39, 0.29) is 18.1 Å². The molecule has 0 N–H and O–H groups in total. The van der Waals surface area contributed by atoms with E-state index in [4.69, 9.17) is 21.1 Å². The topological polar surface area (TPSA) is 52.6 Å². The SMILES string of the molecule is CCCCOc1c(C(=O)C(=O)OCC)cc(Cl)cc1C(C)C.